The Bertz CT molecular complexity index is 301. The van der Waals surface area contributed by atoms with Crippen LogP contribution < -0.4 is 0 Å². The van der Waals surface area contributed by atoms with E-state index in [1.807, 2.05) is 27.7 Å². The maximum atomic E-state index is 2.37. The van der Waals surface area contributed by atoms with Gasteiger partial charge in [0.2, 0.25) is 0 Å². The highest BCUT2D eigenvalue weighted by Gasteiger charge is 2.20. The van der Waals surface area contributed by atoms with Crippen molar-refractivity contribution in [3.05, 3.63) is 35.4 Å². The maximum absolute atomic E-state index is 2.37. The van der Waals surface area contributed by atoms with Crippen LogP contribution in [0.25, 0.3) is 0 Å². The molecule has 0 heteroatoms. The fourth-order valence-electron chi connectivity index (χ4n) is 2.74. The number of benzene rings is 1. The topological polar surface area (TPSA) is 0 Å². The summed E-state index contributed by atoms with van der Waals surface area (Å²) in [5.74, 6) is 1.58. The lowest BCUT2D eigenvalue weighted by Gasteiger charge is -2.17. The summed E-state index contributed by atoms with van der Waals surface area (Å²) in [6.07, 6.45) is 5.45. The molecule has 0 aliphatic heterocycles. The molecule has 0 saturated heterocycles. The van der Waals surface area contributed by atoms with Crippen molar-refractivity contribution < 1.29 is 0 Å². The smallest absolute Gasteiger partial charge is 0.0162 e. The van der Waals surface area contributed by atoms with Gasteiger partial charge in [-0.1, -0.05) is 72.2 Å². The zero-order valence-corrected chi connectivity index (χ0v) is 13.3. The van der Waals surface area contributed by atoms with E-state index in [1.54, 1.807) is 11.1 Å². The molecule has 0 heterocycles. The Morgan fingerprint density at radius 2 is 1.50 bits per heavy atom. The molecule has 0 spiro atoms. The molecular weight excluding hydrogens is 216 g/mol. The lowest BCUT2D eigenvalue weighted by atomic mass is 9.88. The highest BCUT2D eigenvalue weighted by atomic mass is 14.2. The summed E-state index contributed by atoms with van der Waals surface area (Å²) in [5, 5.41) is 0. The molecule has 0 saturated carbocycles. The second-order valence-corrected chi connectivity index (χ2v) is 4.57. The lowest BCUT2D eigenvalue weighted by molar-refractivity contribution is 0.564. The van der Waals surface area contributed by atoms with E-state index < -0.39 is 0 Å². The fourth-order valence-corrected chi connectivity index (χ4v) is 2.74. The van der Waals surface area contributed by atoms with Gasteiger partial charge in [-0.25, -0.2) is 0 Å². The number of hydrogen-bond donors (Lipinski definition) is 0. The molecule has 0 nitrogen and oxygen atoms in total. The van der Waals surface area contributed by atoms with Crippen molar-refractivity contribution in [1.82, 2.24) is 0 Å². The summed E-state index contributed by atoms with van der Waals surface area (Å²) >= 11 is 0. The molecule has 0 aromatic heterocycles. The van der Waals surface area contributed by atoms with Crippen molar-refractivity contribution in [1.29, 1.82) is 0 Å². The zero-order chi connectivity index (χ0) is 14.0. The van der Waals surface area contributed by atoms with Crippen molar-refractivity contribution in [2.45, 2.75) is 79.1 Å². The highest BCUT2D eigenvalue weighted by molar-refractivity contribution is 5.33. The predicted octanol–water partition coefficient (Wildman–Crippen LogP) is 6.52. The first-order chi connectivity index (χ1) is 8.83. The van der Waals surface area contributed by atoms with Gasteiger partial charge in [0, 0.05) is 0 Å². The van der Waals surface area contributed by atoms with E-state index in [4.69, 9.17) is 0 Å². The van der Waals surface area contributed by atoms with Crippen LogP contribution in [0.3, 0.4) is 0 Å². The molecular formula is C18H32. The van der Waals surface area contributed by atoms with Gasteiger partial charge in [0.1, 0.15) is 0 Å². The minimum absolute atomic E-state index is 0.766. The summed E-state index contributed by atoms with van der Waals surface area (Å²) in [4.78, 5) is 0. The molecule has 18 heavy (non-hydrogen) atoms. The monoisotopic (exact) mass is 248 g/mol. The minimum atomic E-state index is 0.766. The average Bonchev–Trinajstić information content (AvgIpc) is 2.63. The van der Waals surface area contributed by atoms with Crippen LogP contribution in [0.2, 0.25) is 0 Å². The van der Waals surface area contributed by atoms with Crippen molar-refractivity contribution in [2.75, 3.05) is 0 Å². The average molecular weight is 248 g/mol. The van der Waals surface area contributed by atoms with Crippen molar-refractivity contribution >= 4 is 0 Å². The van der Waals surface area contributed by atoms with E-state index in [0.29, 0.717) is 0 Å². The number of fused-ring (bicyclic) bond motifs is 1. The van der Waals surface area contributed by atoms with Gasteiger partial charge in [0.25, 0.3) is 0 Å². The molecule has 1 aliphatic rings. The second kappa shape index (κ2) is 10.2. The molecule has 2 unspecified atom stereocenters. The first kappa shape index (κ1) is 17.2. The Morgan fingerprint density at radius 3 is 2.06 bits per heavy atom. The third kappa shape index (κ3) is 4.48. The van der Waals surface area contributed by atoms with Crippen LogP contribution in [0.1, 0.15) is 90.2 Å². The van der Waals surface area contributed by atoms with Crippen LogP contribution in [0.15, 0.2) is 24.3 Å². The minimum Gasteiger partial charge on any atom is -0.0683 e. The van der Waals surface area contributed by atoms with Crippen molar-refractivity contribution in [2.24, 2.45) is 0 Å². The van der Waals surface area contributed by atoms with Gasteiger partial charge >= 0.3 is 0 Å². The summed E-state index contributed by atoms with van der Waals surface area (Å²) in [7, 11) is 0. The van der Waals surface area contributed by atoms with Crippen molar-refractivity contribution in [3.63, 3.8) is 0 Å². The van der Waals surface area contributed by atoms with E-state index >= 15 is 0 Å². The van der Waals surface area contributed by atoms with Crippen LogP contribution in [0.5, 0.6) is 0 Å². The normalized spacial score (nSPS) is 21.4. The molecule has 2 rings (SSSR count). The van der Waals surface area contributed by atoms with Gasteiger partial charge in [0.15, 0.2) is 0 Å². The van der Waals surface area contributed by atoms with Gasteiger partial charge in [-0.3, -0.25) is 0 Å². The third-order valence-electron chi connectivity index (χ3n) is 3.65. The van der Waals surface area contributed by atoms with Crippen LogP contribution in [0.4, 0.5) is 0 Å². The van der Waals surface area contributed by atoms with Crippen LogP contribution in [-0.2, 0) is 0 Å². The molecule has 0 N–H and O–H groups in total. The van der Waals surface area contributed by atoms with E-state index in [1.165, 1.54) is 25.7 Å². The van der Waals surface area contributed by atoms with E-state index in [0.717, 1.165) is 11.8 Å². The lowest BCUT2D eigenvalue weighted by Crippen LogP contribution is -1.99. The molecule has 1 aromatic rings. The summed E-state index contributed by atoms with van der Waals surface area (Å²) in [5.41, 5.74) is 3.23. The highest BCUT2D eigenvalue weighted by Crippen LogP contribution is 2.37. The first-order valence-corrected chi connectivity index (χ1v) is 7.91. The van der Waals surface area contributed by atoms with E-state index in [-0.39, 0.29) is 0 Å². The maximum Gasteiger partial charge on any atom is -0.0162 e. The van der Waals surface area contributed by atoms with Crippen LogP contribution in [0, 0.1) is 0 Å². The predicted molar refractivity (Wildman–Crippen MR) is 84.4 cm³/mol. The van der Waals surface area contributed by atoms with E-state index in [9.17, 15) is 0 Å². The summed E-state index contributed by atoms with van der Waals surface area (Å²) < 4.78 is 0. The van der Waals surface area contributed by atoms with Gasteiger partial charge in [-0.15, -0.1) is 0 Å². The van der Waals surface area contributed by atoms with Crippen LogP contribution in [-0.4, -0.2) is 0 Å². The number of hydrogen-bond acceptors (Lipinski definition) is 0. The fraction of sp³-hybridized carbons (Fsp3) is 0.667. The van der Waals surface area contributed by atoms with Gasteiger partial charge < -0.3 is 0 Å². The molecule has 0 bridgehead atoms. The molecule has 2 atom stereocenters. The Labute approximate surface area is 115 Å². The quantitative estimate of drug-likeness (QED) is 0.496. The molecule has 104 valence electrons. The Morgan fingerprint density at radius 1 is 0.944 bits per heavy atom. The molecule has 1 aliphatic carbocycles. The Kier molecular flexibility index (Phi) is 9.73. The largest absolute Gasteiger partial charge is 0.0683 e. The Hall–Kier alpha value is -0.780. The van der Waals surface area contributed by atoms with Crippen LogP contribution >= 0.6 is 0 Å². The standard InChI is InChI=1S/C14H20.2C2H6/c1-3-12-8-6-7-11(2)13-9-4-5-10-14(12)13;2*1-2/h4-5,9-12H,3,6-8H2,1-2H3;2*1-2H3. The van der Waals surface area contributed by atoms with Gasteiger partial charge in [-0.2, -0.15) is 0 Å². The molecule has 0 radical (unpaired) electrons. The molecule has 0 amide bonds. The number of rotatable bonds is 1. The Balaban J connectivity index is 0.000000659. The van der Waals surface area contributed by atoms with E-state index in [2.05, 4.69) is 38.1 Å². The van der Waals surface area contributed by atoms with Gasteiger partial charge in [-0.05, 0) is 42.2 Å². The summed E-state index contributed by atoms with van der Waals surface area (Å²) in [6, 6.07) is 9.05. The third-order valence-corrected chi connectivity index (χ3v) is 3.65. The van der Waals surface area contributed by atoms with Gasteiger partial charge in [0.05, 0.1) is 0 Å². The van der Waals surface area contributed by atoms with Crippen molar-refractivity contribution in [3.8, 4) is 0 Å². The summed E-state index contributed by atoms with van der Waals surface area (Å²) in [6.45, 7) is 12.7. The second-order valence-electron chi connectivity index (χ2n) is 4.57. The SMILES string of the molecule is CC.CC.CCC1CCCC(C)c2ccccc21. The first-order valence-electron chi connectivity index (χ1n) is 7.91. The zero-order valence-electron chi connectivity index (χ0n) is 13.3. The molecule has 1 aromatic carbocycles. The molecule has 0 fully saturated rings.